The molecule has 1 heterocycles. The Bertz CT molecular complexity index is 669. The van der Waals surface area contributed by atoms with Crippen molar-refractivity contribution in [3.05, 3.63) is 72.1 Å². The average Bonchev–Trinajstić information content (AvgIpc) is 2.59. The predicted octanol–water partition coefficient (Wildman–Crippen LogP) is 1.92. The van der Waals surface area contributed by atoms with Crippen molar-refractivity contribution in [2.24, 2.45) is 0 Å². The number of hydrogen-bond acceptors (Lipinski definition) is 3. The monoisotopic (exact) mass is 309 g/mol. The maximum atomic E-state index is 12.0. The van der Waals surface area contributed by atoms with E-state index in [2.05, 4.69) is 15.6 Å². The predicted molar refractivity (Wildman–Crippen MR) is 89.2 cm³/mol. The van der Waals surface area contributed by atoms with E-state index in [1.165, 1.54) is 6.08 Å². The van der Waals surface area contributed by atoms with E-state index in [-0.39, 0.29) is 11.8 Å². The lowest BCUT2D eigenvalue weighted by atomic mass is 10.2. The van der Waals surface area contributed by atoms with Crippen LogP contribution in [0.25, 0.3) is 6.08 Å². The van der Waals surface area contributed by atoms with Gasteiger partial charge in [-0.1, -0.05) is 36.4 Å². The van der Waals surface area contributed by atoms with Crippen LogP contribution < -0.4 is 10.6 Å². The Morgan fingerprint density at radius 1 is 1.17 bits per heavy atom. The number of hydrogen-bond donors (Lipinski definition) is 2. The molecule has 23 heavy (non-hydrogen) atoms. The van der Waals surface area contributed by atoms with Crippen LogP contribution in [-0.2, 0) is 16.1 Å². The minimum atomic E-state index is -0.611. The summed E-state index contributed by atoms with van der Waals surface area (Å²) < 4.78 is 0. The molecule has 0 bridgehead atoms. The Morgan fingerprint density at radius 2 is 1.96 bits per heavy atom. The van der Waals surface area contributed by atoms with Crippen LogP contribution in [0.4, 0.5) is 0 Å². The van der Waals surface area contributed by atoms with Crippen LogP contribution in [-0.4, -0.2) is 22.8 Å². The summed E-state index contributed by atoms with van der Waals surface area (Å²) in [4.78, 5) is 27.8. The minimum Gasteiger partial charge on any atom is -0.350 e. The summed E-state index contributed by atoms with van der Waals surface area (Å²) >= 11 is 0. The van der Waals surface area contributed by atoms with Gasteiger partial charge in [0.25, 0.3) is 0 Å². The highest BCUT2D eigenvalue weighted by atomic mass is 16.2. The molecule has 0 aliphatic rings. The first-order valence-electron chi connectivity index (χ1n) is 7.35. The van der Waals surface area contributed by atoms with Gasteiger partial charge in [-0.15, -0.1) is 0 Å². The van der Waals surface area contributed by atoms with Crippen LogP contribution >= 0.6 is 0 Å². The highest BCUT2D eigenvalue weighted by Gasteiger charge is 2.13. The molecule has 1 unspecified atom stereocenters. The molecule has 0 aliphatic heterocycles. The lowest BCUT2D eigenvalue weighted by molar-refractivity contribution is -0.126. The smallest absolute Gasteiger partial charge is 0.244 e. The van der Waals surface area contributed by atoms with Crippen LogP contribution in [0, 0.1) is 0 Å². The molecule has 2 aromatic rings. The molecular weight excluding hydrogens is 290 g/mol. The third-order valence-electron chi connectivity index (χ3n) is 3.17. The van der Waals surface area contributed by atoms with E-state index in [9.17, 15) is 9.59 Å². The molecule has 1 atom stereocenters. The maximum absolute atomic E-state index is 12.0. The van der Waals surface area contributed by atoms with E-state index in [0.717, 1.165) is 11.1 Å². The first-order chi connectivity index (χ1) is 11.1. The second-order valence-corrected chi connectivity index (χ2v) is 5.05. The maximum Gasteiger partial charge on any atom is 0.244 e. The summed E-state index contributed by atoms with van der Waals surface area (Å²) in [7, 11) is 0. The number of carbonyl (C=O) groups excluding carboxylic acids is 2. The molecule has 2 amide bonds. The summed E-state index contributed by atoms with van der Waals surface area (Å²) in [5.41, 5.74) is 1.83. The van der Waals surface area contributed by atoms with Crippen molar-refractivity contribution in [3.63, 3.8) is 0 Å². The molecule has 2 rings (SSSR count). The fourth-order valence-electron chi connectivity index (χ4n) is 1.91. The second kappa shape index (κ2) is 8.48. The Hall–Kier alpha value is -2.95. The highest BCUT2D eigenvalue weighted by Crippen LogP contribution is 2.00. The lowest BCUT2D eigenvalue weighted by Crippen LogP contribution is -2.44. The molecule has 2 N–H and O–H groups in total. The molecule has 5 heteroatoms. The van der Waals surface area contributed by atoms with Crippen LogP contribution in [0.2, 0.25) is 0 Å². The van der Waals surface area contributed by atoms with Crippen molar-refractivity contribution in [3.8, 4) is 0 Å². The van der Waals surface area contributed by atoms with Crippen LogP contribution in [0.1, 0.15) is 18.1 Å². The van der Waals surface area contributed by atoms with Gasteiger partial charge in [0.05, 0.1) is 0 Å². The zero-order chi connectivity index (χ0) is 16.5. The lowest BCUT2D eigenvalue weighted by Gasteiger charge is -2.12. The Balaban J connectivity index is 1.78. The Kier molecular flexibility index (Phi) is 6.06. The number of rotatable bonds is 6. The quantitative estimate of drug-likeness (QED) is 0.801. The van der Waals surface area contributed by atoms with Crippen molar-refractivity contribution in [2.45, 2.75) is 19.5 Å². The third kappa shape index (κ3) is 5.74. The fraction of sp³-hybridized carbons (Fsp3) is 0.167. The van der Waals surface area contributed by atoms with E-state index in [1.54, 1.807) is 31.5 Å². The van der Waals surface area contributed by atoms with E-state index in [4.69, 9.17) is 0 Å². The molecule has 1 aromatic carbocycles. The summed E-state index contributed by atoms with van der Waals surface area (Å²) in [6.07, 6.45) is 6.48. The van der Waals surface area contributed by atoms with Crippen molar-refractivity contribution in [2.75, 3.05) is 0 Å². The standard InChI is InChI=1S/C18H19N3O2/c1-14(18(23)20-13-16-8-5-11-19-12-16)21-17(22)10-9-15-6-3-2-4-7-15/h2-12,14H,13H2,1H3,(H,20,23)(H,21,22)/b10-9+. The largest absolute Gasteiger partial charge is 0.350 e. The fourth-order valence-corrected chi connectivity index (χ4v) is 1.91. The first-order valence-corrected chi connectivity index (χ1v) is 7.35. The normalized spacial score (nSPS) is 11.9. The van der Waals surface area contributed by atoms with Gasteiger partial charge in [0, 0.05) is 25.0 Å². The van der Waals surface area contributed by atoms with E-state index >= 15 is 0 Å². The van der Waals surface area contributed by atoms with Gasteiger partial charge in [-0.3, -0.25) is 14.6 Å². The SMILES string of the molecule is CC(NC(=O)/C=C/c1ccccc1)C(=O)NCc1cccnc1. The van der Waals surface area contributed by atoms with Crippen molar-refractivity contribution in [1.29, 1.82) is 0 Å². The zero-order valence-electron chi connectivity index (χ0n) is 12.9. The molecule has 0 saturated carbocycles. The summed E-state index contributed by atoms with van der Waals surface area (Å²) in [5, 5.41) is 5.39. The van der Waals surface area contributed by atoms with Gasteiger partial charge in [-0.2, -0.15) is 0 Å². The molecule has 0 saturated heterocycles. The topological polar surface area (TPSA) is 71.1 Å². The number of amides is 2. The van der Waals surface area contributed by atoms with E-state index in [1.807, 2.05) is 36.4 Å². The third-order valence-corrected chi connectivity index (χ3v) is 3.17. The Labute approximate surface area is 135 Å². The molecular formula is C18H19N3O2. The molecule has 1 aromatic heterocycles. The van der Waals surface area contributed by atoms with Gasteiger partial charge >= 0.3 is 0 Å². The molecule has 118 valence electrons. The first kappa shape index (κ1) is 16.4. The Morgan fingerprint density at radius 3 is 2.65 bits per heavy atom. The summed E-state index contributed by atoms with van der Waals surface area (Å²) in [6, 6.07) is 12.6. The van der Waals surface area contributed by atoms with Crippen LogP contribution in [0.15, 0.2) is 60.9 Å². The molecule has 0 fully saturated rings. The van der Waals surface area contributed by atoms with Crippen molar-refractivity contribution in [1.82, 2.24) is 15.6 Å². The van der Waals surface area contributed by atoms with Gasteiger partial charge in [-0.05, 0) is 30.2 Å². The number of nitrogens with zero attached hydrogens (tertiary/aromatic N) is 1. The molecule has 0 spiro atoms. The number of nitrogens with one attached hydrogen (secondary N) is 2. The van der Waals surface area contributed by atoms with Gasteiger partial charge in [0.2, 0.25) is 11.8 Å². The second-order valence-electron chi connectivity index (χ2n) is 5.05. The summed E-state index contributed by atoms with van der Waals surface area (Å²) in [6.45, 7) is 2.03. The zero-order valence-corrected chi connectivity index (χ0v) is 12.9. The molecule has 5 nitrogen and oxygen atoms in total. The van der Waals surface area contributed by atoms with Crippen molar-refractivity contribution < 1.29 is 9.59 Å². The summed E-state index contributed by atoms with van der Waals surface area (Å²) in [5.74, 6) is -0.548. The van der Waals surface area contributed by atoms with Crippen LogP contribution in [0.3, 0.4) is 0 Å². The number of aromatic nitrogens is 1. The number of benzene rings is 1. The average molecular weight is 309 g/mol. The highest BCUT2D eigenvalue weighted by molar-refractivity contribution is 5.95. The molecule has 0 aliphatic carbocycles. The van der Waals surface area contributed by atoms with Gasteiger partial charge in [0.15, 0.2) is 0 Å². The van der Waals surface area contributed by atoms with Gasteiger partial charge in [-0.25, -0.2) is 0 Å². The number of pyridine rings is 1. The van der Waals surface area contributed by atoms with Gasteiger partial charge in [0.1, 0.15) is 6.04 Å². The molecule has 0 radical (unpaired) electrons. The van der Waals surface area contributed by atoms with E-state index < -0.39 is 6.04 Å². The van der Waals surface area contributed by atoms with Gasteiger partial charge < -0.3 is 10.6 Å². The van der Waals surface area contributed by atoms with Crippen molar-refractivity contribution >= 4 is 17.9 Å². The number of carbonyl (C=O) groups is 2. The van der Waals surface area contributed by atoms with E-state index in [0.29, 0.717) is 6.54 Å². The van der Waals surface area contributed by atoms with Crippen LogP contribution in [0.5, 0.6) is 0 Å². The minimum absolute atomic E-state index is 0.240.